The standard InChI is InChI=1S/C20H25N3O2/c1-13-14(2)23(12-21-13)17-6-4-16(5-7-17)22-19(24)15-8-20(9-15)10-18(11-20)25-3/h4-7,12,15,18H,8-11H2,1-3H3,(H,22,24). The summed E-state index contributed by atoms with van der Waals surface area (Å²) in [4.78, 5) is 16.8. The van der Waals surface area contributed by atoms with Crippen LogP contribution in [0.2, 0.25) is 0 Å². The summed E-state index contributed by atoms with van der Waals surface area (Å²) in [6.45, 7) is 4.06. The molecule has 2 aromatic rings. The van der Waals surface area contributed by atoms with Gasteiger partial charge in [0.2, 0.25) is 5.91 Å². The van der Waals surface area contributed by atoms with Gasteiger partial charge in [-0.1, -0.05) is 0 Å². The minimum Gasteiger partial charge on any atom is -0.381 e. The Hall–Kier alpha value is -2.14. The molecule has 0 unspecified atom stereocenters. The summed E-state index contributed by atoms with van der Waals surface area (Å²) < 4.78 is 7.41. The number of anilines is 1. The minimum absolute atomic E-state index is 0.147. The van der Waals surface area contributed by atoms with E-state index in [9.17, 15) is 4.79 Å². The summed E-state index contributed by atoms with van der Waals surface area (Å²) in [6.07, 6.45) is 6.48. The Morgan fingerprint density at radius 1 is 1.20 bits per heavy atom. The molecule has 4 rings (SSSR count). The summed E-state index contributed by atoms with van der Waals surface area (Å²) in [5, 5.41) is 3.06. The van der Waals surface area contributed by atoms with E-state index in [1.165, 1.54) is 0 Å². The molecule has 2 aliphatic rings. The number of aromatic nitrogens is 2. The number of imidazole rings is 1. The smallest absolute Gasteiger partial charge is 0.227 e. The number of benzene rings is 1. The van der Waals surface area contributed by atoms with Gasteiger partial charge < -0.3 is 14.6 Å². The van der Waals surface area contributed by atoms with Crippen LogP contribution in [0.1, 0.15) is 37.1 Å². The molecule has 0 saturated heterocycles. The van der Waals surface area contributed by atoms with Gasteiger partial charge in [-0.05, 0) is 69.2 Å². The number of nitrogens with zero attached hydrogens (tertiary/aromatic N) is 2. The van der Waals surface area contributed by atoms with E-state index in [0.717, 1.165) is 48.4 Å². The molecule has 0 aliphatic heterocycles. The molecular weight excluding hydrogens is 314 g/mol. The van der Waals surface area contributed by atoms with E-state index in [1.54, 1.807) is 7.11 Å². The molecule has 1 aromatic carbocycles. The SMILES string of the molecule is COC1CC2(C1)CC(C(=O)Nc1ccc(-n3cnc(C)c3C)cc1)C2. The highest BCUT2D eigenvalue weighted by Gasteiger charge is 2.54. The Morgan fingerprint density at radius 2 is 1.88 bits per heavy atom. The number of carbonyl (C=O) groups excluding carboxylic acids is 1. The van der Waals surface area contributed by atoms with E-state index >= 15 is 0 Å². The number of aryl methyl sites for hydroxylation is 1. The monoisotopic (exact) mass is 339 g/mol. The molecule has 5 heteroatoms. The lowest BCUT2D eigenvalue weighted by atomic mass is 9.50. The van der Waals surface area contributed by atoms with Crippen LogP contribution in [0.5, 0.6) is 0 Å². The topological polar surface area (TPSA) is 56.1 Å². The molecule has 132 valence electrons. The van der Waals surface area contributed by atoms with Gasteiger partial charge in [-0.2, -0.15) is 0 Å². The Morgan fingerprint density at radius 3 is 2.44 bits per heavy atom. The predicted molar refractivity (Wildman–Crippen MR) is 96.9 cm³/mol. The van der Waals surface area contributed by atoms with Crippen LogP contribution in [-0.2, 0) is 9.53 Å². The van der Waals surface area contributed by atoms with Crippen molar-refractivity contribution in [1.82, 2.24) is 9.55 Å². The normalized spacial score (nSPS) is 27.6. The molecule has 0 radical (unpaired) electrons. The summed E-state index contributed by atoms with van der Waals surface area (Å²) in [5.41, 5.74) is 4.46. The van der Waals surface area contributed by atoms with Crippen LogP contribution in [0.15, 0.2) is 30.6 Å². The van der Waals surface area contributed by atoms with Gasteiger partial charge in [0.1, 0.15) is 0 Å². The predicted octanol–water partition coefficient (Wildman–Crippen LogP) is 3.63. The van der Waals surface area contributed by atoms with Crippen molar-refractivity contribution in [1.29, 1.82) is 0 Å². The van der Waals surface area contributed by atoms with Gasteiger partial charge in [0.15, 0.2) is 0 Å². The maximum atomic E-state index is 12.4. The zero-order valence-corrected chi connectivity index (χ0v) is 15.1. The van der Waals surface area contributed by atoms with E-state index in [0.29, 0.717) is 11.5 Å². The molecular formula is C20H25N3O2. The summed E-state index contributed by atoms with van der Waals surface area (Å²) in [7, 11) is 1.77. The summed E-state index contributed by atoms with van der Waals surface area (Å²) in [6, 6.07) is 7.95. The number of rotatable bonds is 4. The molecule has 25 heavy (non-hydrogen) atoms. The van der Waals surface area contributed by atoms with E-state index in [-0.39, 0.29) is 11.8 Å². The van der Waals surface area contributed by atoms with Crippen LogP contribution in [0.4, 0.5) is 5.69 Å². The lowest BCUT2D eigenvalue weighted by molar-refractivity contribution is -0.148. The maximum absolute atomic E-state index is 12.4. The van der Waals surface area contributed by atoms with Gasteiger partial charge in [-0.3, -0.25) is 4.79 Å². The molecule has 1 amide bonds. The first-order valence-corrected chi connectivity index (χ1v) is 8.94. The molecule has 5 nitrogen and oxygen atoms in total. The fourth-order valence-electron chi connectivity index (χ4n) is 4.29. The molecule has 2 fully saturated rings. The number of amides is 1. The van der Waals surface area contributed by atoms with Crippen molar-refractivity contribution in [2.75, 3.05) is 12.4 Å². The quantitative estimate of drug-likeness (QED) is 0.925. The lowest BCUT2D eigenvalue weighted by Crippen LogP contribution is -2.53. The molecule has 1 aromatic heterocycles. The average Bonchev–Trinajstić information content (AvgIpc) is 2.85. The number of nitrogens with one attached hydrogen (secondary N) is 1. The lowest BCUT2D eigenvalue weighted by Gasteiger charge is -2.56. The van der Waals surface area contributed by atoms with E-state index < -0.39 is 0 Å². The van der Waals surface area contributed by atoms with Crippen LogP contribution in [0, 0.1) is 25.2 Å². The first kappa shape index (κ1) is 16.3. The van der Waals surface area contributed by atoms with E-state index in [1.807, 2.05) is 37.5 Å². The van der Waals surface area contributed by atoms with Crippen molar-refractivity contribution in [3.63, 3.8) is 0 Å². The fourth-order valence-corrected chi connectivity index (χ4v) is 4.29. The van der Waals surface area contributed by atoms with Gasteiger partial charge in [0, 0.05) is 30.1 Å². The van der Waals surface area contributed by atoms with Crippen LogP contribution in [0.3, 0.4) is 0 Å². The van der Waals surface area contributed by atoms with Crippen molar-refractivity contribution in [3.8, 4) is 5.69 Å². The van der Waals surface area contributed by atoms with Gasteiger partial charge in [0.25, 0.3) is 0 Å². The van der Waals surface area contributed by atoms with Gasteiger partial charge in [-0.25, -0.2) is 4.98 Å². The van der Waals surface area contributed by atoms with E-state index in [2.05, 4.69) is 21.8 Å². The number of hydrogen-bond acceptors (Lipinski definition) is 3. The van der Waals surface area contributed by atoms with Crippen molar-refractivity contribution >= 4 is 11.6 Å². The molecule has 2 aliphatic carbocycles. The minimum atomic E-state index is 0.147. The highest BCUT2D eigenvalue weighted by atomic mass is 16.5. The van der Waals surface area contributed by atoms with Crippen molar-refractivity contribution in [2.24, 2.45) is 11.3 Å². The number of ether oxygens (including phenoxy) is 1. The Bertz CT molecular complexity index is 780. The fraction of sp³-hybridized carbons (Fsp3) is 0.500. The van der Waals surface area contributed by atoms with Crippen LogP contribution in [0.25, 0.3) is 5.69 Å². The van der Waals surface area contributed by atoms with Gasteiger partial charge >= 0.3 is 0 Å². The van der Waals surface area contributed by atoms with Gasteiger partial charge in [-0.15, -0.1) is 0 Å². The second kappa shape index (κ2) is 5.99. The Labute approximate surface area is 148 Å². The van der Waals surface area contributed by atoms with Crippen LogP contribution < -0.4 is 5.32 Å². The third kappa shape index (κ3) is 2.86. The third-order valence-corrected chi connectivity index (χ3v) is 6.05. The van der Waals surface area contributed by atoms with Gasteiger partial charge in [0.05, 0.1) is 18.1 Å². The molecule has 2 saturated carbocycles. The number of hydrogen-bond donors (Lipinski definition) is 1. The largest absolute Gasteiger partial charge is 0.381 e. The molecule has 1 heterocycles. The number of methoxy groups -OCH3 is 1. The summed E-state index contributed by atoms with van der Waals surface area (Å²) >= 11 is 0. The second-order valence-electron chi connectivity index (χ2n) is 7.69. The zero-order chi connectivity index (χ0) is 17.6. The molecule has 0 atom stereocenters. The molecule has 1 spiro atoms. The zero-order valence-electron chi connectivity index (χ0n) is 15.1. The van der Waals surface area contributed by atoms with Crippen LogP contribution >= 0.6 is 0 Å². The Balaban J connectivity index is 1.34. The first-order chi connectivity index (χ1) is 12.0. The maximum Gasteiger partial charge on any atom is 0.227 e. The highest BCUT2D eigenvalue weighted by molar-refractivity contribution is 5.93. The summed E-state index contributed by atoms with van der Waals surface area (Å²) in [5.74, 6) is 0.296. The first-order valence-electron chi connectivity index (χ1n) is 8.94. The van der Waals surface area contributed by atoms with Crippen molar-refractivity contribution in [3.05, 3.63) is 42.0 Å². The third-order valence-electron chi connectivity index (χ3n) is 6.05. The van der Waals surface area contributed by atoms with Crippen molar-refractivity contribution < 1.29 is 9.53 Å². The molecule has 0 bridgehead atoms. The Kier molecular flexibility index (Phi) is 3.91. The molecule has 1 N–H and O–H groups in total. The average molecular weight is 339 g/mol. The second-order valence-corrected chi connectivity index (χ2v) is 7.69. The number of carbonyl (C=O) groups is 1. The highest BCUT2D eigenvalue weighted by Crippen LogP contribution is 2.59. The van der Waals surface area contributed by atoms with Crippen LogP contribution in [-0.4, -0.2) is 28.7 Å². The van der Waals surface area contributed by atoms with Crippen molar-refractivity contribution in [2.45, 2.75) is 45.6 Å². The van der Waals surface area contributed by atoms with E-state index in [4.69, 9.17) is 4.74 Å².